The summed E-state index contributed by atoms with van der Waals surface area (Å²) in [6, 6.07) is 11.3. The van der Waals surface area contributed by atoms with Crippen LogP contribution in [0, 0.1) is 9.81 Å². The van der Waals surface area contributed by atoms with Crippen molar-refractivity contribution in [3.8, 4) is 0 Å². The summed E-state index contributed by atoms with van der Waals surface area (Å²) in [6.45, 7) is 2.18. The molecule has 0 aliphatic carbocycles. The minimum atomic E-state index is 0.413. The minimum Gasteiger partial charge on any atom is -0.313 e. The highest BCUT2D eigenvalue weighted by Gasteiger charge is 2.12. The molecule has 0 fully saturated rings. The molecule has 0 saturated carbocycles. The summed E-state index contributed by atoms with van der Waals surface area (Å²) in [5.74, 6) is 0. The van der Waals surface area contributed by atoms with Gasteiger partial charge in [-0.15, -0.1) is 11.3 Å². The van der Waals surface area contributed by atoms with E-state index in [1.54, 1.807) is 0 Å². The van der Waals surface area contributed by atoms with E-state index in [9.17, 15) is 0 Å². The third-order valence-corrected chi connectivity index (χ3v) is 4.83. The van der Waals surface area contributed by atoms with Gasteiger partial charge in [0.2, 0.25) is 0 Å². The zero-order chi connectivity index (χ0) is 12.3. The second-order valence-corrected chi connectivity index (χ2v) is 6.96. The van der Waals surface area contributed by atoms with Crippen LogP contribution < -0.4 is 5.32 Å². The number of thiophene rings is 1. The largest absolute Gasteiger partial charge is 0.313 e. The molecule has 2 rings (SSSR count). The molecule has 1 atom stereocenters. The van der Waals surface area contributed by atoms with Crippen LogP contribution in [0.15, 0.2) is 35.7 Å². The summed E-state index contributed by atoms with van der Waals surface area (Å²) >= 11 is 4.19. The lowest BCUT2D eigenvalue weighted by atomic mass is 9.98. The minimum absolute atomic E-state index is 0.413. The van der Waals surface area contributed by atoms with E-state index in [4.69, 9.17) is 0 Å². The molecule has 2 aromatic rings. The van der Waals surface area contributed by atoms with Gasteiger partial charge in [0.15, 0.2) is 0 Å². The van der Waals surface area contributed by atoms with E-state index in [0.717, 1.165) is 6.42 Å². The van der Waals surface area contributed by atoms with Gasteiger partial charge in [-0.2, -0.15) is 0 Å². The molecule has 1 unspecified atom stereocenters. The van der Waals surface area contributed by atoms with Crippen molar-refractivity contribution < 1.29 is 0 Å². The summed E-state index contributed by atoms with van der Waals surface area (Å²) in [6.07, 6.45) is 1.05. The Labute approximate surface area is 120 Å². The van der Waals surface area contributed by atoms with E-state index in [0.29, 0.717) is 6.04 Å². The van der Waals surface area contributed by atoms with E-state index >= 15 is 0 Å². The summed E-state index contributed by atoms with van der Waals surface area (Å²) in [7, 11) is 2.04. The molecule has 90 valence electrons. The van der Waals surface area contributed by atoms with Crippen LogP contribution >= 0.6 is 33.9 Å². The fourth-order valence-corrected chi connectivity index (χ4v) is 3.38. The van der Waals surface area contributed by atoms with Crippen molar-refractivity contribution in [3.63, 3.8) is 0 Å². The first-order chi connectivity index (χ1) is 8.20. The van der Waals surface area contributed by atoms with Crippen LogP contribution in [0.4, 0.5) is 0 Å². The first kappa shape index (κ1) is 13.1. The zero-order valence-electron chi connectivity index (χ0n) is 10.0. The molecule has 1 nitrogen and oxygen atoms in total. The maximum atomic E-state index is 3.41. The lowest BCUT2D eigenvalue weighted by Gasteiger charge is -2.16. The second kappa shape index (κ2) is 5.98. The van der Waals surface area contributed by atoms with Gasteiger partial charge in [0.05, 0.1) is 2.88 Å². The van der Waals surface area contributed by atoms with Gasteiger partial charge < -0.3 is 5.32 Å². The number of aryl methyl sites for hydroxylation is 1. The summed E-state index contributed by atoms with van der Waals surface area (Å²) in [4.78, 5) is 0. The fourth-order valence-electron chi connectivity index (χ4n) is 1.95. The van der Waals surface area contributed by atoms with Gasteiger partial charge >= 0.3 is 0 Å². The van der Waals surface area contributed by atoms with Crippen molar-refractivity contribution in [2.45, 2.75) is 19.4 Å². The van der Waals surface area contributed by atoms with Gasteiger partial charge in [-0.05, 0) is 71.1 Å². The molecule has 0 aliphatic heterocycles. The molecule has 0 amide bonds. The molecule has 0 radical (unpaired) electrons. The standard InChI is InChI=1S/C14H16INS/c1-10-5-3-4-6-11(10)7-13(16-2)12-8-14(15)17-9-12/h3-6,8-9,13,16H,7H2,1-2H3. The van der Waals surface area contributed by atoms with Crippen LogP contribution in [-0.4, -0.2) is 7.05 Å². The Kier molecular flexibility index (Phi) is 4.59. The average molecular weight is 357 g/mol. The molecule has 1 N–H and O–H groups in total. The van der Waals surface area contributed by atoms with Crippen molar-refractivity contribution in [2.75, 3.05) is 7.05 Å². The van der Waals surface area contributed by atoms with Gasteiger partial charge in [0.1, 0.15) is 0 Å². The first-order valence-corrected chi connectivity index (χ1v) is 7.62. The Morgan fingerprint density at radius 1 is 1.35 bits per heavy atom. The number of nitrogens with one attached hydrogen (secondary N) is 1. The molecule has 0 saturated heterocycles. The smallest absolute Gasteiger partial charge is 0.0656 e. The number of benzene rings is 1. The van der Waals surface area contributed by atoms with Gasteiger partial charge in [0.25, 0.3) is 0 Å². The van der Waals surface area contributed by atoms with Gasteiger partial charge in [0, 0.05) is 6.04 Å². The third-order valence-electron chi connectivity index (χ3n) is 3.02. The van der Waals surface area contributed by atoms with Crippen LogP contribution in [0.1, 0.15) is 22.7 Å². The maximum Gasteiger partial charge on any atom is 0.0656 e. The van der Waals surface area contributed by atoms with Crippen molar-refractivity contribution in [1.29, 1.82) is 0 Å². The number of rotatable bonds is 4. The van der Waals surface area contributed by atoms with Gasteiger partial charge in [-0.3, -0.25) is 0 Å². The third kappa shape index (κ3) is 3.30. The Balaban J connectivity index is 2.18. The van der Waals surface area contributed by atoms with Crippen molar-refractivity contribution >= 4 is 33.9 Å². The molecule has 1 aromatic heterocycles. The molecule has 1 heterocycles. The van der Waals surface area contributed by atoms with Crippen LogP contribution in [0.25, 0.3) is 0 Å². The molecule has 0 aliphatic rings. The van der Waals surface area contributed by atoms with E-state index in [1.165, 1.54) is 19.6 Å². The predicted octanol–water partition coefficient (Wildman–Crippen LogP) is 4.16. The Hall–Kier alpha value is -0.390. The van der Waals surface area contributed by atoms with Crippen molar-refractivity contribution in [1.82, 2.24) is 5.32 Å². The summed E-state index contributed by atoms with van der Waals surface area (Å²) in [5, 5.41) is 5.66. The fraction of sp³-hybridized carbons (Fsp3) is 0.286. The molecule has 0 bridgehead atoms. The Morgan fingerprint density at radius 2 is 2.12 bits per heavy atom. The van der Waals surface area contributed by atoms with Gasteiger partial charge in [-0.25, -0.2) is 0 Å². The molecular weight excluding hydrogens is 341 g/mol. The highest BCUT2D eigenvalue weighted by Crippen LogP contribution is 2.25. The topological polar surface area (TPSA) is 12.0 Å². The normalized spacial score (nSPS) is 12.6. The molecule has 0 spiro atoms. The van der Waals surface area contributed by atoms with E-state index in [1.807, 2.05) is 18.4 Å². The molecule has 17 heavy (non-hydrogen) atoms. The van der Waals surface area contributed by atoms with E-state index in [-0.39, 0.29) is 0 Å². The SMILES string of the molecule is CNC(Cc1ccccc1C)c1csc(I)c1. The van der Waals surface area contributed by atoms with E-state index in [2.05, 4.69) is 70.5 Å². The predicted molar refractivity (Wildman–Crippen MR) is 83.7 cm³/mol. The lowest BCUT2D eigenvalue weighted by Crippen LogP contribution is -2.18. The van der Waals surface area contributed by atoms with Crippen LogP contribution in [0.3, 0.4) is 0 Å². The Morgan fingerprint density at radius 3 is 2.71 bits per heavy atom. The molecular formula is C14H16INS. The summed E-state index contributed by atoms with van der Waals surface area (Å²) in [5.41, 5.74) is 4.19. The lowest BCUT2D eigenvalue weighted by molar-refractivity contribution is 0.592. The Bertz CT molecular complexity index is 492. The van der Waals surface area contributed by atoms with Crippen LogP contribution in [0.2, 0.25) is 0 Å². The molecule has 1 aromatic carbocycles. The van der Waals surface area contributed by atoms with Crippen molar-refractivity contribution in [2.24, 2.45) is 0 Å². The maximum absolute atomic E-state index is 3.41. The molecule has 3 heteroatoms. The summed E-state index contributed by atoms with van der Waals surface area (Å²) < 4.78 is 1.35. The van der Waals surface area contributed by atoms with Crippen LogP contribution in [0.5, 0.6) is 0 Å². The van der Waals surface area contributed by atoms with Crippen LogP contribution in [-0.2, 0) is 6.42 Å². The highest BCUT2D eigenvalue weighted by atomic mass is 127. The second-order valence-electron chi connectivity index (χ2n) is 4.16. The van der Waals surface area contributed by atoms with Crippen molar-refractivity contribution in [3.05, 3.63) is 55.3 Å². The number of halogens is 1. The monoisotopic (exact) mass is 357 g/mol. The van der Waals surface area contributed by atoms with Gasteiger partial charge in [-0.1, -0.05) is 24.3 Å². The quantitative estimate of drug-likeness (QED) is 0.810. The zero-order valence-corrected chi connectivity index (χ0v) is 13.0. The highest BCUT2D eigenvalue weighted by molar-refractivity contribution is 14.1. The number of likely N-dealkylation sites (N-methyl/N-ethyl adjacent to an activating group) is 1. The first-order valence-electron chi connectivity index (χ1n) is 5.66. The number of hydrogen-bond donors (Lipinski definition) is 1. The number of hydrogen-bond acceptors (Lipinski definition) is 2. The van der Waals surface area contributed by atoms with E-state index < -0.39 is 0 Å². The average Bonchev–Trinajstić information content (AvgIpc) is 2.75.